The summed E-state index contributed by atoms with van der Waals surface area (Å²) in [4.78, 5) is 23.9. The van der Waals surface area contributed by atoms with Gasteiger partial charge in [0.15, 0.2) is 6.10 Å². The van der Waals surface area contributed by atoms with Gasteiger partial charge < -0.3 is 14.6 Å². The smallest absolute Gasteiger partial charge is 0.306 e. The number of rotatable bonds is 31. The van der Waals surface area contributed by atoms with E-state index < -0.39 is 6.10 Å². The Morgan fingerprint density at radius 3 is 1.43 bits per heavy atom. The molecule has 0 heterocycles. The molecule has 1 N–H and O–H groups in total. The van der Waals surface area contributed by atoms with E-state index in [1.165, 1.54) is 89.9 Å². The lowest BCUT2D eigenvalue weighted by molar-refractivity contribution is -0.161. The predicted molar refractivity (Wildman–Crippen MR) is 178 cm³/mol. The van der Waals surface area contributed by atoms with Crippen molar-refractivity contribution in [1.29, 1.82) is 0 Å². The molecule has 0 amide bonds. The van der Waals surface area contributed by atoms with Crippen LogP contribution in [0.4, 0.5) is 0 Å². The summed E-state index contributed by atoms with van der Waals surface area (Å²) >= 11 is 0. The summed E-state index contributed by atoms with van der Waals surface area (Å²) in [5.74, 6) is -0.615. The van der Waals surface area contributed by atoms with E-state index in [1.807, 2.05) is 0 Å². The van der Waals surface area contributed by atoms with Crippen LogP contribution in [0.2, 0.25) is 0 Å². The topological polar surface area (TPSA) is 72.8 Å². The van der Waals surface area contributed by atoms with Gasteiger partial charge in [0.1, 0.15) is 6.61 Å². The third-order valence-corrected chi connectivity index (χ3v) is 7.44. The first-order valence-electron chi connectivity index (χ1n) is 17.5. The Morgan fingerprint density at radius 2 is 0.952 bits per heavy atom. The van der Waals surface area contributed by atoms with Gasteiger partial charge in [-0.15, -0.1) is 0 Å². The van der Waals surface area contributed by atoms with Crippen LogP contribution in [0.3, 0.4) is 0 Å². The highest BCUT2D eigenvalue weighted by Crippen LogP contribution is 2.12. The number of hydrogen-bond donors (Lipinski definition) is 1. The Balaban J connectivity index is 3.53. The van der Waals surface area contributed by atoms with E-state index in [0.717, 1.165) is 51.4 Å². The number of carbonyl (C=O) groups is 2. The van der Waals surface area contributed by atoms with Gasteiger partial charge in [0, 0.05) is 12.8 Å². The molecule has 0 spiro atoms. The van der Waals surface area contributed by atoms with E-state index >= 15 is 0 Å². The van der Waals surface area contributed by atoms with Crippen LogP contribution in [0, 0.1) is 0 Å². The Labute approximate surface area is 259 Å². The quantitative estimate of drug-likeness (QED) is 0.0494. The zero-order valence-corrected chi connectivity index (χ0v) is 27.5. The fourth-order valence-corrected chi connectivity index (χ4v) is 4.74. The Morgan fingerprint density at radius 1 is 0.548 bits per heavy atom. The highest BCUT2D eigenvalue weighted by molar-refractivity contribution is 5.70. The fraction of sp³-hybridized carbons (Fsp3) is 0.784. The van der Waals surface area contributed by atoms with Crippen LogP contribution in [-0.2, 0) is 19.1 Å². The lowest BCUT2D eigenvalue weighted by Crippen LogP contribution is -2.28. The molecule has 0 aliphatic carbocycles. The van der Waals surface area contributed by atoms with Crippen molar-refractivity contribution in [1.82, 2.24) is 0 Å². The molecule has 0 bridgehead atoms. The number of allylic oxidation sites excluding steroid dienone is 6. The van der Waals surface area contributed by atoms with Crippen LogP contribution >= 0.6 is 0 Å². The van der Waals surface area contributed by atoms with Crippen molar-refractivity contribution in [3.8, 4) is 0 Å². The summed E-state index contributed by atoms with van der Waals surface area (Å²) in [6.07, 6.45) is 39.5. The summed E-state index contributed by atoms with van der Waals surface area (Å²) in [5, 5.41) is 9.44. The van der Waals surface area contributed by atoms with E-state index in [9.17, 15) is 14.7 Å². The van der Waals surface area contributed by atoms with Crippen LogP contribution in [0.25, 0.3) is 0 Å². The summed E-state index contributed by atoms with van der Waals surface area (Å²) in [6, 6.07) is 0. The normalized spacial score (nSPS) is 12.5. The highest BCUT2D eigenvalue weighted by atomic mass is 16.6. The second-order valence-electron chi connectivity index (χ2n) is 11.6. The van der Waals surface area contributed by atoms with Crippen molar-refractivity contribution >= 4 is 11.9 Å². The molecule has 0 aliphatic rings. The minimum Gasteiger partial charge on any atom is -0.462 e. The molecular weight excluding hydrogens is 524 g/mol. The zero-order valence-electron chi connectivity index (χ0n) is 27.5. The van der Waals surface area contributed by atoms with Crippen molar-refractivity contribution in [2.45, 2.75) is 174 Å². The van der Waals surface area contributed by atoms with E-state index in [1.54, 1.807) is 0 Å². The van der Waals surface area contributed by atoms with E-state index in [4.69, 9.17) is 9.47 Å². The first-order chi connectivity index (χ1) is 20.6. The SMILES string of the molecule is CCCCCCC/C=C\C/C=C\C/C=C\CCCCCCCCCCC(=O)OC(CO)COC(=O)CCCCCCC. The molecule has 0 rings (SSSR count). The molecule has 5 nitrogen and oxygen atoms in total. The Hall–Kier alpha value is -1.88. The molecule has 0 aromatic heterocycles. The molecule has 244 valence electrons. The maximum Gasteiger partial charge on any atom is 0.306 e. The second-order valence-corrected chi connectivity index (χ2v) is 11.6. The van der Waals surface area contributed by atoms with Crippen LogP contribution in [0.15, 0.2) is 36.5 Å². The van der Waals surface area contributed by atoms with E-state index in [0.29, 0.717) is 12.8 Å². The maximum absolute atomic E-state index is 12.1. The number of aliphatic hydroxyl groups excluding tert-OH is 1. The molecule has 42 heavy (non-hydrogen) atoms. The first kappa shape index (κ1) is 40.1. The summed E-state index contributed by atoms with van der Waals surface area (Å²) in [7, 11) is 0. The van der Waals surface area contributed by atoms with Crippen LogP contribution in [-0.4, -0.2) is 36.4 Å². The van der Waals surface area contributed by atoms with Gasteiger partial charge in [0.2, 0.25) is 0 Å². The molecule has 0 saturated carbocycles. The molecule has 5 heteroatoms. The maximum atomic E-state index is 12.1. The molecular formula is C37H66O5. The molecule has 0 fully saturated rings. The molecule has 1 atom stereocenters. The fourth-order valence-electron chi connectivity index (χ4n) is 4.74. The Bertz CT molecular complexity index is 682. The summed E-state index contributed by atoms with van der Waals surface area (Å²) in [6.45, 7) is 4.02. The van der Waals surface area contributed by atoms with Crippen LogP contribution < -0.4 is 0 Å². The molecule has 0 aromatic carbocycles. The van der Waals surface area contributed by atoms with Crippen LogP contribution in [0.1, 0.15) is 168 Å². The number of aliphatic hydroxyl groups is 1. The molecule has 0 aliphatic heterocycles. The van der Waals surface area contributed by atoms with Crippen molar-refractivity contribution in [2.75, 3.05) is 13.2 Å². The van der Waals surface area contributed by atoms with Gasteiger partial charge in [-0.2, -0.15) is 0 Å². The number of ether oxygens (including phenoxy) is 2. The minimum atomic E-state index is -0.769. The predicted octanol–water partition coefficient (Wildman–Crippen LogP) is 10.5. The third-order valence-electron chi connectivity index (χ3n) is 7.44. The Kier molecular flexibility index (Phi) is 32.1. The number of carbonyl (C=O) groups excluding carboxylic acids is 2. The third kappa shape index (κ3) is 31.1. The van der Waals surface area contributed by atoms with Gasteiger partial charge in [-0.25, -0.2) is 0 Å². The zero-order chi connectivity index (χ0) is 30.8. The van der Waals surface area contributed by atoms with Gasteiger partial charge in [0.25, 0.3) is 0 Å². The van der Waals surface area contributed by atoms with Gasteiger partial charge in [-0.3, -0.25) is 9.59 Å². The van der Waals surface area contributed by atoms with Crippen molar-refractivity contribution in [3.05, 3.63) is 36.5 Å². The summed E-state index contributed by atoms with van der Waals surface area (Å²) in [5.41, 5.74) is 0. The lowest BCUT2D eigenvalue weighted by atomic mass is 10.1. The molecule has 0 radical (unpaired) electrons. The van der Waals surface area contributed by atoms with Gasteiger partial charge in [0.05, 0.1) is 6.61 Å². The minimum absolute atomic E-state index is 0.0694. The van der Waals surface area contributed by atoms with E-state index in [2.05, 4.69) is 50.3 Å². The highest BCUT2D eigenvalue weighted by Gasteiger charge is 2.16. The average Bonchev–Trinajstić information content (AvgIpc) is 2.99. The molecule has 0 aromatic rings. The monoisotopic (exact) mass is 590 g/mol. The molecule has 0 saturated heterocycles. The largest absolute Gasteiger partial charge is 0.462 e. The molecule has 1 unspecified atom stereocenters. The second kappa shape index (κ2) is 33.6. The van der Waals surface area contributed by atoms with Gasteiger partial charge in [-0.1, -0.05) is 140 Å². The van der Waals surface area contributed by atoms with E-state index in [-0.39, 0.29) is 25.2 Å². The number of unbranched alkanes of at least 4 members (excludes halogenated alkanes) is 17. The van der Waals surface area contributed by atoms with Crippen LogP contribution in [0.5, 0.6) is 0 Å². The van der Waals surface area contributed by atoms with Crippen molar-refractivity contribution < 1.29 is 24.2 Å². The van der Waals surface area contributed by atoms with Crippen molar-refractivity contribution in [3.63, 3.8) is 0 Å². The summed E-state index contributed by atoms with van der Waals surface area (Å²) < 4.78 is 10.5. The first-order valence-corrected chi connectivity index (χ1v) is 17.5. The lowest BCUT2D eigenvalue weighted by Gasteiger charge is -2.15. The number of esters is 2. The van der Waals surface area contributed by atoms with Gasteiger partial charge in [-0.05, 0) is 51.4 Å². The van der Waals surface area contributed by atoms with Gasteiger partial charge >= 0.3 is 11.9 Å². The number of hydrogen-bond acceptors (Lipinski definition) is 5. The van der Waals surface area contributed by atoms with Crippen molar-refractivity contribution in [2.24, 2.45) is 0 Å². The standard InChI is InChI=1S/C37H66O5/c1-3-5-7-9-10-11-12-13-14-15-16-17-18-19-20-21-22-23-24-25-26-28-30-32-37(40)42-35(33-38)34-41-36(39)31-29-27-8-6-4-2/h12-13,15-16,18-19,35,38H,3-11,14,17,20-34H2,1-2H3/b13-12-,16-15-,19-18-. The average molecular weight is 591 g/mol.